The minimum Gasteiger partial charge on any atom is -0.497 e. The number of aromatic nitrogens is 2. The predicted octanol–water partition coefficient (Wildman–Crippen LogP) is 2.75. The van der Waals surface area contributed by atoms with Crippen molar-refractivity contribution in [2.75, 3.05) is 13.4 Å². The third-order valence-corrected chi connectivity index (χ3v) is 5.44. The fourth-order valence-corrected chi connectivity index (χ4v) is 4.02. The monoisotopic (exact) mass is 382 g/mol. The van der Waals surface area contributed by atoms with Crippen LogP contribution >= 0.6 is 0 Å². The summed E-state index contributed by atoms with van der Waals surface area (Å²) in [5.74, 6) is 0.690. The summed E-state index contributed by atoms with van der Waals surface area (Å²) >= 11 is 0. The van der Waals surface area contributed by atoms with Crippen LogP contribution in [0.25, 0.3) is 11.0 Å². The molecule has 0 spiro atoms. The first-order valence-electron chi connectivity index (χ1n) is 8.39. The number of nitrogens with zero attached hydrogens (tertiary/aromatic N) is 4. The minimum absolute atomic E-state index is 0.410. The lowest BCUT2D eigenvalue weighted by Crippen LogP contribution is -2.26. The fourth-order valence-electron chi connectivity index (χ4n) is 3.12. The van der Waals surface area contributed by atoms with Gasteiger partial charge in [0.05, 0.1) is 42.0 Å². The Kier molecular flexibility index (Phi) is 4.27. The molecule has 4 rings (SSSR count). The van der Waals surface area contributed by atoms with Crippen LogP contribution in [0.2, 0.25) is 0 Å². The van der Waals surface area contributed by atoms with Crippen molar-refractivity contribution >= 4 is 26.8 Å². The molecule has 138 valence electrons. The molecule has 1 aliphatic heterocycles. The van der Waals surface area contributed by atoms with Gasteiger partial charge >= 0.3 is 0 Å². The van der Waals surface area contributed by atoms with Gasteiger partial charge in [0.25, 0.3) is 0 Å². The number of fused-ring (bicyclic) bond motifs is 1. The lowest BCUT2D eigenvalue weighted by Gasteiger charge is -2.20. The van der Waals surface area contributed by atoms with Crippen molar-refractivity contribution in [3.8, 4) is 5.75 Å². The number of hydrazone groups is 1. The van der Waals surface area contributed by atoms with Gasteiger partial charge in [0.1, 0.15) is 11.8 Å². The van der Waals surface area contributed by atoms with E-state index in [1.807, 2.05) is 48.5 Å². The molecule has 0 N–H and O–H groups in total. The summed E-state index contributed by atoms with van der Waals surface area (Å²) in [6.07, 6.45) is 3.18. The van der Waals surface area contributed by atoms with Gasteiger partial charge in [-0.15, -0.1) is 0 Å². The molecule has 1 unspecified atom stereocenters. The summed E-state index contributed by atoms with van der Waals surface area (Å²) in [6.45, 7) is 0. The number of methoxy groups -OCH3 is 1. The highest BCUT2D eigenvalue weighted by Crippen LogP contribution is 2.34. The summed E-state index contributed by atoms with van der Waals surface area (Å²) < 4.78 is 31.0. The zero-order valence-electron chi connectivity index (χ0n) is 14.9. The lowest BCUT2D eigenvalue weighted by atomic mass is 10.0. The van der Waals surface area contributed by atoms with Gasteiger partial charge in [-0.1, -0.05) is 24.3 Å². The van der Waals surface area contributed by atoms with E-state index in [2.05, 4.69) is 15.1 Å². The van der Waals surface area contributed by atoms with Gasteiger partial charge in [-0.3, -0.25) is 4.98 Å². The van der Waals surface area contributed by atoms with Crippen LogP contribution in [0.15, 0.2) is 59.8 Å². The normalized spacial score (nSPS) is 17.2. The maximum Gasteiger partial charge on any atom is 0.247 e. The van der Waals surface area contributed by atoms with E-state index in [9.17, 15) is 8.42 Å². The van der Waals surface area contributed by atoms with Gasteiger partial charge in [-0.2, -0.15) is 9.52 Å². The van der Waals surface area contributed by atoms with Crippen molar-refractivity contribution in [3.05, 3.63) is 66.0 Å². The Bertz CT molecular complexity index is 1140. The highest BCUT2D eigenvalue weighted by Gasteiger charge is 2.35. The SMILES string of the molecule is COc1cccc(C2=NN(S(C)(=O)=O)C(c3cnc4ccccc4n3)C2)c1. The molecule has 7 nitrogen and oxygen atoms in total. The second kappa shape index (κ2) is 6.62. The molecule has 1 aliphatic rings. The number of para-hydroxylation sites is 2. The summed E-state index contributed by atoms with van der Waals surface area (Å²) in [4.78, 5) is 9.03. The quantitative estimate of drug-likeness (QED) is 0.693. The molecule has 2 aromatic carbocycles. The van der Waals surface area contributed by atoms with E-state index in [-0.39, 0.29) is 0 Å². The van der Waals surface area contributed by atoms with E-state index in [0.717, 1.165) is 27.3 Å². The van der Waals surface area contributed by atoms with Crippen LogP contribution in [0.3, 0.4) is 0 Å². The molecule has 1 atom stereocenters. The summed E-state index contributed by atoms with van der Waals surface area (Å²) in [7, 11) is -1.97. The van der Waals surface area contributed by atoms with Crippen LogP contribution in [0.1, 0.15) is 23.7 Å². The van der Waals surface area contributed by atoms with Gasteiger partial charge in [-0.25, -0.2) is 13.4 Å². The van der Waals surface area contributed by atoms with Gasteiger partial charge in [0.2, 0.25) is 10.0 Å². The molecule has 27 heavy (non-hydrogen) atoms. The highest BCUT2D eigenvalue weighted by molar-refractivity contribution is 7.88. The number of hydrogen-bond donors (Lipinski definition) is 0. The van der Waals surface area contributed by atoms with Crippen molar-refractivity contribution in [1.29, 1.82) is 0 Å². The maximum atomic E-state index is 12.3. The van der Waals surface area contributed by atoms with Crippen molar-refractivity contribution < 1.29 is 13.2 Å². The molecular formula is C19H18N4O3S. The van der Waals surface area contributed by atoms with Crippen molar-refractivity contribution in [2.45, 2.75) is 12.5 Å². The summed E-state index contributed by atoms with van der Waals surface area (Å²) in [6, 6.07) is 14.4. The second-order valence-electron chi connectivity index (χ2n) is 6.32. The molecule has 3 aromatic rings. The number of benzene rings is 2. The average molecular weight is 382 g/mol. The minimum atomic E-state index is -3.56. The lowest BCUT2D eigenvalue weighted by molar-refractivity contribution is 0.368. The van der Waals surface area contributed by atoms with Crippen LogP contribution in [0.4, 0.5) is 0 Å². The summed E-state index contributed by atoms with van der Waals surface area (Å²) in [5.41, 5.74) is 3.54. The smallest absolute Gasteiger partial charge is 0.247 e. The van der Waals surface area contributed by atoms with Crippen molar-refractivity contribution in [1.82, 2.24) is 14.4 Å². The van der Waals surface area contributed by atoms with Gasteiger partial charge in [0, 0.05) is 12.0 Å². The Morgan fingerprint density at radius 1 is 1.11 bits per heavy atom. The standard InChI is InChI=1S/C19H18N4O3S/c1-26-14-7-5-6-13(10-14)17-11-19(23(22-17)27(2,24)25)18-12-20-15-8-3-4-9-16(15)21-18/h3-10,12,19H,11H2,1-2H3. The molecule has 0 aliphatic carbocycles. The van der Waals surface area contributed by atoms with Crippen LogP contribution < -0.4 is 4.74 Å². The van der Waals surface area contributed by atoms with E-state index < -0.39 is 16.1 Å². The number of sulfonamides is 1. The van der Waals surface area contributed by atoms with Crippen LogP contribution in [-0.4, -0.2) is 41.9 Å². The second-order valence-corrected chi connectivity index (χ2v) is 8.16. The third-order valence-electron chi connectivity index (χ3n) is 4.42. The summed E-state index contributed by atoms with van der Waals surface area (Å²) in [5, 5.41) is 4.38. The van der Waals surface area contributed by atoms with Crippen molar-refractivity contribution in [2.24, 2.45) is 5.10 Å². The Hall–Kier alpha value is -3.00. The molecule has 0 radical (unpaired) electrons. The van der Waals surface area contributed by atoms with E-state index in [1.54, 1.807) is 13.3 Å². The number of rotatable bonds is 4. The highest BCUT2D eigenvalue weighted by atomic mass is 32.2. The molecule has 2 heterocycles. The van der Waals surface area contributed by atoms with E-state index in [1.165, 1.54) is 0 Å². The van der Waals surface area contributed by atoms with Gasteiger partial charge in [-0.05, 0) is 24.3 Å². The Morgan fingerprint density at radius 3 is 2.63 bits per heavy atom. The topological polar surface area (TPSA) is 84.8 Å². The molecule has 8 heteroatoms. The van der Waals surface area contributed by atoms with Crippen molar-refractivity contribution in [3.63, 3.8) is 0 Å². The molecule has 1 aromatic heterocycles. The fraction of sp³-hybridized carbons (Fsp3) is 0.211. The number of hydrogen-bond acceptors (Lipinski definition) is 6. The molecule has 0 bridgehead atoms. The maximum absolute atomic E-state index is 12.3. The van der Waals surface area contributed by atoms with Crippen LogP contribution in [-0.2, 0) is 10.0 Å². The Labute approximate surface area is 157 Å². The van der Waals surface area contributed by atoms with E-state index in [0.29, 0.717) is 23.6 Å². The predicted molar refractivity (Wildman–Crippen MR) is 103 cm³/mol. The number of ether oxygens (including phenoxy) is 1. The third kappa shape index (κ3) is 3.35. The first kappa shape index (κ1) is 17.4. The van der Waals surface area contributed by atoms with Crippen LogP contribution in [0, 0.1) is 0 Å². The Balaban J connectivity index is 1.76. The van der Waals surface area contributed by atoms with Gasteiger partial charge in [0.15, 0.2) is 0 Å². The zero-order valence-corrected chi connectivity index (χ0v) is 15.7. The Morgan fingerprint density at radius 2 is 1.89 bits per heavy atom. The molecular weight excluding hydrogens is 364 g/mol. The average Bonchev–Trinajstić information content (AvgIpc) is 3.14. The van der Waals surface area contributed by atoms with Gasteiger partial charge < -0.3 is 4.74 Å². The molecule has 0 saturated carbocycles. The zero-order chi connectivity index (χ0) is 19.0. The largest absolute Gasteiger partial charge is 0.497 e. The van der Waals surface area contributed by atoms with Crippen LogP contribution in [0.5, 0.6) is 5.75 Å². The first-order chi connectivity index (χ1) is 13.0. The van der Waals surface area contributed by atoms with E-state index in [4.69, 9.17) is 4.74 Å². The first-order valence-corrected chi connectivity index (χ1v) is 10.2. The molecule has 0 fully saturated rings. The molecule has 0 saturated heterocycles. The van der Waals surface area contributed by atoms with E-state index >= 15 is 0 Å². The molecule has 0 amide bonds.